The normalized spacial score (nSPS) is 16.6. The number of aliphatic hydroxyl groups is 1. The van der Waals surface area contributed by atoms with E-state index in [1.807, 2.05) is 38.1 Å². The fraction of sp³-hybridized carbons (Fsp3) is 0.419. The standard InChI is InChI=1S/C31H35ClN4O4/c1-31(2)27(38)16-22-6-4-5-20(29(22)31)7-9-24-23(32)17-33-30(34-24)35-25-10-8-21(15-26(25)40-3)19-11-13-36(14-12-19)28(39)18-37/h4-6,8,10,15,17,19,37H,7,9,11-14,16,18H2,1-3H3,(H,33,34,35). The van der Waals surface area contributed by atoms with Crippen LogP contribution in [0, 0.1) is 0 Å². The molecule has 1 saturated heterocycles. The van der Waals surface area contributed by atoms with Gasteiger partial charge in [0.25, 0.3) is 0 Å². The summed E-state index contributed by atoms with van der Waals surface area (Å²) >= 11 is 6.50. The van der Waals surface area contributed by atoms with Crippen LogP contribution in [0.2, 0.25) is 5.02 Å². The average Bonchev–Trinajstić information content (AvgIpc) is 3.21. The third-order valence-corrected chi connectivity index (χ3v) is 8.60. The lowest BCUT2D eigenvalue weighted by Crippen LogP contribution is -2.39. The summed E-state index contributed by atoms with van der Waals surface area (Å²) in [5.41, 5.74) is 5.55. The Kier molecular flexibility index (Phi) is 8.10. The second-order valence-corrected chi connectivity index (χ2v) is 11.5. The first-order valence-electron chi connectivity index (χ1n) is 13.7. The number of halogens is 1. The number of aliphatic hydroxyl groups excluding tert-OH is 1. The summed E-state index contributed by atoms with van der Waals surface area (Å²) in [5, 5.41) is 12.9. The summed E-state index contributed by atoms with van der Waals surface area (Å²) in [6.45, 7) is 4.83. The summed E-state index contributed by atoms with van der Waals surface area (Å²) in [4.78, 5) is 35.2. The van der Waals surface area contributed by atoms with Crippen LogP contribution in [0.15, 0.2) is 42.6 Å². The van der Waals surface area contributed by atoms with E-state index in [0.717, 1.165) is 52.9 Å². The maximum Gasteiger partial charge on any atom is 0.248 e. The Morgan fingerprint density at radius 1 is 1.20 bits per heavy atom. The summed E-state index contributed by atoms with van der Waals surface area (Å²) in [5.74, 6) is 1.45. The molecule has 9 heteroatoms. The Bertz CT molecular complexity index is 1430. The lowest BCUT2D eigenvalue weighted by molar-refractivity contribution is -0.135. The van der Waals surface area contributed by atoms with Gasteiger partial charge in [-0.1, -0.05) is 35.9 Å². The van der Waals surface area contributed by atoms with Crippen molar-refractivity contribution in [3.63, 3.8) is 0 Å². The molecule has 0 unspecified atom stereocenters. The number of piperidine rings is 1. The molecule has 5 rings (SSSR count). The van der Waals surface area contributed by atoms with Crippen molar-refractivity contribution in [2.45, 2.75) is 57.3 Å². The molecule has 1 aliphatic carbocycles. The lowest BCUT2D eigenvalue weighted by Gasteiger charge is -2.32. The number of carbonyl (C=O) groups excluding carboxylic acids is 2. The van der Waals surface area contributed by atoms with Gasteiger partial charge in [0.1, 0.15) is 18.1 Å². The molecule has 0 radical (unpaired) electrons. The number of anilines is 2. The Balaban J connectivity index is 1.29. The van der Waals surface area contributed by atoms with E-state index >= 15 is 0 Å². The molecule has 2 aromatic carbocycles. The average molecular weight is 563 g/mol. The molecule has 0 atom stereocenters. The van der Waals surface area contributed by atoms with E-state index in [0.29, 0.717) is 48.6 Å². The van der Waals surface area contributed by atoms with E-state index in [-0.39, 0.29) is 11.7 Å². The maximum atomic E-state index is 12.6. The maximum absolute atomic E-state index is 12.6. The van der Waals surface area contributed by atoms with Crippen LogP contribution in [-0.4, -0.2) is 58.5 Å². The second kappa shape index (κ2) is 11.6. The number of likely N-dealkylation sites (tertiary alicyclic amines) is 1. The van der Waals surface area contributed by atoms with E-state index in [1.54, 1.807) is 18.2 Å². The van der Waals surface area contributed by atoms with Gasteiger partial charge in [0.2, 0.25) is 11.9 Å². The molecule has 2 aliphatic rings. The zero-order valence-corrected chi connectivity index (χ0v) is 23.9. The van der Waals surface area contributed by atoms with Crippen molar-refractivity contribution in [3.05, 3.63) is 75.6 Å². The summed E-state index contributed by atoms with van der Waals surface area (Å²) in [6.07, 6.45) is 5.10. The fourth-order valence-electron chi connectivity index (χ4n) is 5.98. The molecule has 1 aliphatic heterocycles. The topological polar surface area (TPSA) is 105 Å². The number of hydrogen-bond acceptors (Lipinski definition) is 7. The minimum atomic E-state index is -0.481. The first kappa shape index (κ1) is 28.1. The summed E-state index contributed by atoms with van der Waals surface area (Å²) in [7, 11) is 1.63. The highest BCUT2D eigenvalue weighted by molar-refractivity contribution is 6.31. The molecule has 210 valence electrons. The van der Waals surface area contributed by atoms with Crippen molar-refractivity contribution < 1.29 is 19.4 Å². The smallest absolute Gasteiger partial charge is 0.248 e. The molecular weight excluding hydrogens is 528 g/mol. The number of aromatic nitrogens is 2. The third kappa shape index (κ3) is 5.56. The molecule has 2 heterocycles. The van der Waals surface area contributed by atoms with Crippen LogP contribution in [0.4, 0.5) is 11.6 Å². The molecule has 1 aromatic heterocycles. The van der Waals surface area contributed by atoms with E-state index in [2.05, 4.69) is 22.4 Å². The highest BCUT2D eigenvalue weighted by atomic mass is 35.5. The SMILES string of the molecule is COc1cc(C2CCN(C(=O)CO)CC2)ccc1Nc1ncc(Cl)c(CCc2cccc3c2C(C)(C)C(=O)C3)n1. The molecular formula is C31H35ClN4O4. The van der Waals surface area contributed by atoms with Crippen LogP contribution < -0.4 is 10.1 Å². The molecule has 1 fully saturated rings. The zero-order valence-electron chi connectivity index (χ0n) is 23.2. The van der Waals surface area contributed by atoms with E-state index in [1.165, 1.54) is 0 Å². The number of Topliss-reactive ketones (excluding diaryl/α,β-unsaturated/α-hetero) is 1. The van der Waals surface area contributed by atoms with Crippen molar-refractivity contribution in [2.75, 3.05) is 32.1 Å². The molecule has 2 N–H and O–H groups in total. The van der Waals surface area contributed by atoms with Gasteiger partial charge in [-0.15, -0.1) is 0 Å². The molecule has 40 heavy (non-hydrogen) atoms. The number of rotatable bonds is 8. The minimum Gasteiger partial charge on any atom is -0.495 e. The van der Waals surface area contributed by atoms with Crippen LogP contribution in [0.3, 0.4) is 0 Å². The zero-order chi connectivity index (χ0) is 28.4. The van der Waals surface area contributed by atoms with Gasteiger partial charge in [0.15, 0.2) is 0 Å². The summed E-state index contributed by atoms with van der Waals surface area (Å²) in [6, 6.07) is 12.2. The first-order valence-corrected chi connectivity index (χ1v) is 14.1. The Labute approximate surface area is 239 Å². The Morgan fingerprint density at radius 3 is 2.70 bits per heavy atom. The number of hydrogen-bond donors (Lipinski definition) is 2. The molecule has 0 bridgehead atoms. The van der Waals surface area contributed by atoms with Crippen molar-refractivity contribution >= 4 is 34.9 Å². The largest absolute Gasteiger partial charge is 0.495 e. The molecule has 0 saturated carbocycles. The number of nitrogens with one attached hydrogen (secondary N) is 1. The quantitative estimate of drug-likeness (QED) is 0.407. The van der Waals surface area contributed by atoms with Gasteiger partial charge in [0, 0.05) is 24.9 Å². The number of ketones is 1. The van der Waals surface area contributed by atoms with Crippen LogP contribution >= 0.6 is 11.6 Å². The number of nitrogens with zero attached hydrogens (tertiary/aromatic N) is 3. The van der Waals surface area contributed by atoms with Gasteiger partial charge < -0.3 is 20.1 Å². The van der Waals surface area contributed by atoms with Crippen LogP contribution in [-0.2, 0) is 34.3 Å². The van der Waals surface area contributed by atoms with Gasteiger partial charge in [0.05, 0.1) is 29.7 Å². The van der Waals surface area contributed by atoms with Crippen molar-refractivity contribution in [1.29, 1.82) is 0 Å². The number of methoxy groups -OCH3 is 1. The first-order chi connectivity index (χ1) is 19.2. The van der Waals surface area contributed by atoms with Gasteiger partial charge in [-0.3, -0.25) is 9.59 Å². The van der Waals surface area contributed by atoms with Crippen LogP contribution in [0.5, 0.6) is 5.75 Å². The van der Waals surface area contributed by atoms with Crippen molar-refractivity contribution in [1.82, 2.24) is 14.9 Å². The Morgan fingerprint density at radius 2 is 1.98 bits per heavy atom. The van der Waals surface area contributed by atoms with Gasteiger partial charge in [-0.25, -0.2) is 9.97 Å². The predicted octanol–water partition coefficient (Wildman–Crippen LogP) is 4.77. The van der Waals surface area contributed by atoms with E-state index in [4.69, 9.17) is 26.4 Å². The number of amides is 1. The second-order valence-electron chi connectivity index (χ2n) is 11.1. The number of ether oxygens (including phenoxy) is 1. The highest BCUT2D eigenvalue weighted by Crippen LogP contribution is 2.39. The van der Waals surface area contributed by atoms with E-state index < -0.39 is 12.0 Å². The van der Waals surface area contributed by atoms with Gasteiger partial charge in [-0.2, -0.15) is 0 Å². The van der Waals surface area contributed by atoms with Crippen LogP contribution in [0.1, 0.15) is 60.6 Å². The van der Waals surface area contributed by atoms with Gasteiger partial charge >= 0.3 is 0 Å². The summed E-state index contributed by atoms with van der Waals surface area (Å²) < 4.78 is 5.69. The van der Waals surface area contributed by atoms with Crippen LogP contribution in [0.25, 0.3) is 0 Å². The molecule has 8 nitrogen and oxygen atoms in total. The van der Waals surface area contributed by atoms with Crippen molar-refractivity contribution in [3.8, 4) is 5.75 Å². The third-order valence-electron chi connectivity index (χ3n) is 8.28. The molecule has 3 aromatic rings. The van der Waals surface area contributed by atoms with Crippen molar-refractivity contribution in [2.24, 2.45) is 0 Å². The molecule has 1 amide bonds. The highest BCUT2D eigenvalue weighted by Gasteiger charge is 2.39. The number of aryl methyl sites for hydroxylation is 2. The number of benzene rings is 2. The fourth-order valence-corrected chi connectivity index (χ4v) is 6.17. The minimum absolute atomic E-state index is 0.218. The predicted molar refractivity (Wildman–Crippen MR) is 155 cm³/mol. The monoisotopic (exact) mass is 562 g/mol. The number of fused-ring (bicyclic) bond motifs is 1. The lowest BCUT2D eigenvalue weighted by atomic mass is 9.82. The van der Waals surface area contributed by atoms with E-state index in [9.17, 15) is 9.59 Å². The van der Waals surface area contributed by atoms with Gasteiger partial charge in [-0.05, 0) is 79.8 Å². The molecule has 0 spiro atoms. The Hall–Kier alpha value is -3.49. The number of carbonyl (C=O) groups is 2.